The number of hydrogen-bond donors (Lipinski definition) is 0. The number of rotatable bonds is 6. The number of ketones is 2. The van der Waals surface area contributed by atoms with Crippen molar-refractivity contribution in [2.24, 2.45) is 0 Å². The van der Waals surface area contributed by atoms with E-state index in [0.29, 0.717) is 23.5 Å². The SMILES string of the molecule is CCC(=O)CC(=O)c1cc(C(=O)OC)c(C)c(C2CCC2)c1. The fourth-order valence-corrected chi connectivity index (χ4v) is 2.77. The third-order valence-corrected chi connectivity index (χ3v) is 4.47. The van der Waals surface area contributed by atoms with E-state index in [1.807, 2.05) is 13.0 Å². The fourth-order valence-electron chi connectivity index (χ4n) is 2.77. The van der Waals surface area contributed by atoms with E-state index in [2.05, 4.69) is 0 Å². The van der Waals surface area contributed by atoms with Crippen LogP contribution in [0.2, 0.25) is 0 Å². The standard InChI is InChI=1S/C18H22O4/c1-4-14(19)10-17(20)13-8-15(12-6-5-7-12)11(2)16(9-13)18(21)22-3/h8-9,12H,4-7,10H2,1-3H3. The lowest BCUT2D eigenvalue weighted by molar-refractivity contribution is -0.117. The van der Waals surface area contributed by atoms with Crippen molar-refractivity contribution < 1.29 is 19.1 Å². The van der Waals surface area contributed by atoms with E-state index < -0.39 is 5.97 Å². The van der Waals surface area contributed by atoms with Crippen molar-refractivity contribution >= 4 is 17.5 Å². The van der Waals surface area contributed by atoms with E-state index in [0.717, 1.165) is 24.0 Å². The molecular formula is C18H22O4. The first kappa shape index (κ1) is 16.4. The summed E-state index contributed by atoms with van der Waals surface area (Å²) in [4.78, 5) is 35.8. The number of methoxy groups -OCH3 is 1. The minimum Gasteiger partial charge on any atom is -0.465 e. The molecule has 2 rings (SSSR count). The van der Waals surface area contributed by atoms with Gasteiger partial charge >= 0.3 is 5.97 Å². The van der Waals surface area contributed by atoms with Gasteiger partial charge in [0.25, 0.3) is 0 Å². The molecule has 1 aliphatic rings. The Labute approximate surface area is 130 Å². The second-order valence-electron chi connectivity index (χ2n) is 5.85. The Morgan fingerprint density at radius 2 is 1.91 bits per heavy atom. The Morgan fingerprint density at radius 1 is 1.23 bits per heavy atom. The summed E-state index contributed by atoms with van der Waals surface area (Å²) in [7, 11) is 1.33. The van der Waals surface area contributed by atoms with E-state index >= 15 is 0 Å². The molecule has 0 unspecified atom stereocenters. The van der Waals surface area contributed by atoms with Gasteiger partial charge in [-0.3, -0.25) is 9.59 Å². The van der Waals surface area contributed by atoms with Crippen LogP contribution in [0.25, 0.3) is 0 Å². The van der Waals surface area contributed by atoms with Crippen LogP contribution in [0, 0.1) is 6.92 Å². The average molecular weight is 302 g/mol. The third kappa shape index (κ3) is 3.26. The van der Waals surface area contributed by atoms with Crippen molar-refractivity contribution in [1.29, 1.82) is 0 Å². The number of ether oxygens (including phenoxy) is 1. The highest BCUT2D eigenvalue weighted by atomic mass is 16.5. The first-order valence-corrected chi connectivity index (χ1v) is 7.75. The predicted octanol–water partition coefficient (Wildman–Crippen LogP) is 3.60. The normalized spacial score (nSPS) is 14.3. The molecule has 1 aromatic carbocycles. The van der Waals surface area contributed by atoms with Gasteiger partial charge in [0.1, 0.15) is 5.78 Å². The molecule has 0 aromatic heterocycles. The van der Waals surface area contributed by atoms with Gasteiger partial charge < -0.3 is 4.74 Å². The highest BCUT2D eigenvalue weighted by Crippen LogP contribution is 2.39. The minimum absolute atomic E-state index is 0.0876. The first-order valence-electron chi connectivity index (χ1n) is 7.75. The maximum atomic E-state index is 12.3. The van der Waals surface area contributed by atoms with Crippen molar-refractivity contribution in [3.05, 3.63) is 34.4 Å². The summed E-state index contributed by atoms with van der Waals surface area (Å²) in [5.41, 5.74) is 2.80. The number of carbonyl (C=O) groups excluding carboxylic acids is 3. The van der Waals surface area contributed by atoms with Crippen molar-refractivity contribution in [1.82, 2.24) is 0 Å². The Kier molecular flexibility index (Phi) is 5.11. The molecule has 4 nitrogen and oxygen atoms in total. The fraction of sp³-hybridized carbons (Fsp3) is 0.500. The molecule has 0 atom stereocenters. The van der Waals surface area contributed by atoms with Crippen LogP contribution in [0.5, 0.6) is 0 Å². The molecule has 0 bridgehead atoms. The summed E-state index contributed by atoms with van der Waals surface area (Å²) >= 11 is 0. The van der Waals surface area contributed by atoms with Crippen LogP contribution >= 0.6 is 0 Å². The van der Waals surface area contributed by atoms with E-state index in [4.69, 9.17) is 4.74 Å². The summed E-state index contributed by atoms with van der Waals surface area (Å²) in [6, 6.07) is 3.42. The predicted molar refractivity (Wildman–Crippen MR) is 83.4 cm³/mol. The van der Waals surface area contributed by atoms with Crippen molar-refractivity contribution in [2.75, 3.05) is 7.11 Å². The second-order valence-corrected chi connectivity index (χ2v) is 5.85. The van der Waals surface area contributed by atoms with Crippen LogP contribution in [0.15, 0.2) is 12.1 Å². The van der Waals surface area contributed by atoms with E-state index in [1.165, 1.54) is 13.5 Å². The zero-order chi connectivity index (χ0) is 16.3. The number of esters is 1. The van der Waals surface area contributed by atoms with Gasteiger partial charge in [0, 0.05) is 12.0 Å². The molecule has 0 N–H and O–H groups in total. The zero-order valence-electron chi connectivity index (χ0n) is 13.4. The van der Waals surface area contributed by atoms with E-state index in [-0.39, 0.29) is 18.0 Å². The van der Waals surface area contributed by atoms with Gasteiger partial charge in [0.15, 0.2) is 5.78 Å². The van der Waals surface area contributed by atoms with E-state index in [1.54, 1.807) is 13.0 Å². The largest absolute Gasteiger partial charge is 0.465 e. The van der Waals surface area contributed by atoms with Crippen molar-refractivity contribution in [3.63, 3.8) is 0 Å². The van der Waals surface area contributed by atoms with Gasteiger partial charge in [-0.25, -0.2) is 4.79 Å². The molecule has 0 radical (unpaired) electrons. The second kappa shape index (κ2) is 6.86. The minimum atomic E-state index is -0.436. The summed E-state index contributed by atoms with van der Waals surface area (Å²) < 4.78 is 4.82. The molecule has 0 spiro atoms. The van der Waals surface area contributed by atoms with Crippen LogP contribution in [0.4, 0.5) is 0 Å². The van der Waals surface area contributed by atoms with Gasteiger partial charge in [-0.15, -0.1) is 0 Å². The average Bonchev–Trinajstić information content (AvgIpc) is 2.46. The molecular weight excluding hydrogens is 280 g/mol. The number of Topliss-reactive ketones (excluding diaryl/α,β-unsaturated/α-hetero) is 2. The molecule has 118 valence electrons. The molecule has 4 heteroatoms. The van der Waals surface area contributed by atoms with Crippen LogP contribution in [0.3, 0.4) is 0 Å². The molecule has 0 heterocycles. The third-order valence-electron chi connectivity index (χ3n) is 4.47. The molecule has 1 aromatic rings. The maximum Gasteiger partial charge on any atom is 0.338 e. The maximum absolute atomic E-state index is 12.3. The Morgan fingerprint density at radius 3 is 2.41 bits per heavy atom. The highest BCUT2D eigenvalue weighted by Gasteiger charge is 2.26. The summed E-state index contributed by atoms with van der Waals surface area (Å²) in [6.45, 7) is 3.63. The van der Waals surface area contributed by atoms with E-state index in [9.17, 15) is 14.4 Å². The van der Waals surface area contributed by atoms with Crippen LogP contribution < -0.4 is 0 Å². The summed E-state index contributed by atoms with van der Waals surface area (Å²) in [6.07, 6.45) is 3.56. The summed E-state index contributed by atoms with van der Waals surface area (Å²) in [5.74, 6) is -0.347. The number of hydrogen-bond acceptors (Lipinski definition) is 4. The van der Waals surface area contributed by atoms with Crippen molar-refractivity contribution in [2.45, 2.75) is 51.9 Å². The molecule has 0 amide bonds. The Balaban J connectivity index is 2.43. The molecule has 1 saturated carbocycles. The molecule has 0 aliphatic heterocycles. The lowest BCUT2D eigenvalue weighted by Crippen LogP contribution is -2.16. The number of benzene rings is 1. The lowest BCUT2D eigenvalue weighted by Gasteiger charge is -2.28. The van der Waals surface area contributed by atoms with Crippen LogP contribution in [-0.4, -0.2) is 24.6 Å². The van der Waals surface area contributed by atoms with Gasteiger partial charge in [0.2, 0.25) is 0 Å². The highest BCUT2D eigenvalue weighted by molar-refractivity contribution is 6.09. The van der Waals surface area contributed by atoms with Crippen LogP contribution in [0.1, 0.15) is 76.8 Å². The number of carbonyl (C=O) groups is 3. The molecule has 1 aliphatic carbocycles. The van der Waals surface area contributed by atoms with Gasteiger partial charge in [-0.2, -0.15) is 0 Å². The zero-order valence-corrected chi connectivity index (χ0v) is 13.4. The molecule has 0 saturated heterocycles. The van der Waals surface area contributed by atoms with Gasteiger partial charge in [-0.05, 0) is 48.9 Å². The Bertz CT molecular complexity index is 612. The van der Waals surface area contributed by atoms with Gasteiger partial charge in [-0.1, -0.05) is 13.3 Å². The molecule has 22 heavy (non-hydrogen) atoms. The monoisotopic (exact) mass is 302 g/mol. The Hall–Kier alpha value is -1.97. The topological polar surface area (TPSA) is 60.4 Å². The first-order chi connectivity index (χ1) is 10.5. The molecule has 1 fully saturated rings. The summed E-state index contributed by atoms with van der Waals surface area (Å²) in [5, 5.41) is 0. The quantitative estimate of drug-likeness (QED) is 0.457. The van der Waals surface area contributed by atoms with Gasteiger partial charge in [0.05, 0.1) is 19.1 Å². The lowest BCUT2D eigenvalue weighted by atomic mass is 9.76. The smallest absolute Gasteiger partial charge is 0.338 e. The van der Waals surface area contributed by atoms with Crippen molar-refractivity contribution in [3.8, 4) is 0 Å². The van der Waals surface area contributed by atoms with Crippen LogP contribution in [-0.2, 0) is 9.53 Å².